The number of hydrogen-bond acceptors (Lipinski definition) is 5. The van der Waals surface area contributed by atoms with E-state index < -0.39 is 5.82 Å². The van der Waals surface area contributed by atoms with Gasteiger partial charge in [-0.25, -0.2) is 9.37 Å². The summed E-state index contributed by atoms with van der Waals surface area (Å²) in [5.41, 5.74) is 1.25. The lowest BCUT2D eigenvalue weighted by Crippen LogP contribution is -2.24. The molecule has 2 N–H and O–H groups in total. The number of furan rings is 1. The number of rotatable bonds is 5. The third kappa shape index (κ3) is 3.37. The van der Waals surface area contributed by atoms with Crippen LogP contribution in [0.2, 0.25) is 0 Å². The molecule has 0 fully saturated rings. The van der Waals surface area contributed by atoms with Crippen LogP contribution in [0.3, 0.4) is 0 Å². The monoisotopic (exact) mass is 346 g/mol. The quantitative estimate of drug-likeness (QED) is 0.743. The molecule has 3 aromatic rings. The summed E-state index contributed by atoms with van der Waals surface area (Å²) in [5.74, 6) is -0.157. The molecule has 3 rings (SSSR count). The van der Waals surface area contributed by atoms with Crippen molar-refractivity contribution >= 4 is 17.2 Å². The number of halogens is 1. The van der Waals surface area contributed by atoms with Gasteiger partial charge >= 0.3 is 0 Å². The van der Waals surface area contributed by atoms with Crippen molar-refractivity contribution in [3.63, 3.8) is 0 Å². The van der Waals surface area contributed by atoms with Crippen LogP contribution in [0.1, 0.15) is 26.5 Å². The molecule has 0 atom stereocenters. The van der Waals surface area contributed by atoms with Crippen molar-refractivity contribution in [2.24, 2.45) is 0 Å². The smallest absolute Gasteiger partial charge is 0.271 e. The molecule has 0 aliphatic heterocycles. The maximum atomic E-state index is 13.4. The summed E-state index contributed by atoms with van der Waals surface area (Å²) in [6.07, 6.45) is 1.55. The van der Waals surface area contributed by atoms with Crippen LogP contribution in [0, 0.1) is 12.7 Å². The van der Waals surface area contributed by atoms with Gasteiger partial charge in [-0.1, -0.05) is 6.07 Å². The van der Waals surface area contributed by atoms with E-state index in [4.69, 9.17) is 9.52 Å². The van der Waals surface area contributed by atoms with E-state index >= 15 is 0 Å². The lowest BCUT2D eigenvalue weighted by molar-refractivity contribution is 0.0946. The molecule has 0 radical (unpaired) electrons. The second-order valence-corrected chi connectivity index (χ2v) is 6.37. The molecule has 0 unspecified atom stereocenters. The van der Waals surface area contributed by atoms with Crippen molar-refractivity contribution < 1.29 is 18.7 Å². The first-order valence-electron chi connectivity index (χ1n) is 7.26. The number of aromatic nitrogens is 1. The number of carbonyl (C=O) groups is 1. The van der Waals surface area contributed by atoms with Crippen molar-refractivity contribution in [1.29, 1.82) is 0 Å². The van der Waals surface area contributed by atoms with E-state index in [-0.39, 0.29) is 24.6 Å². The van der Waals surface area contributed by atoms with Crippen LogP contribution in [0.25, 0.3) is 10.8 Å². The number of nitrogens with zero attached hydrogens (tertiary/aromatic N) is 1. The van der Waals surface area contributed by atoms with Crippen LogP contribution in [-0.4, -0.2) is 16.0 Å². The number of aliphatic hydroxyl groups is 1. The molecule has 0 saturated carbocycles. The molecule has 0 aliphatic carbocycles. The highest BCUT2D eigenvalue weighted by molar-refractivity contribution is 7.15. The Morgan fingerprint density at radius 3 is 2.96 bits per heavy atom. The molecular weight excluding hydrogens is 331 g/mol. The van der Waals surface area contributed by atoms with Crippen molar-refractivity contribution in [3.05, 3.63) is 64.1 Å². The zero-order chi connectivity index (χ0) is 17.1. The second kappa shape index (κ2) is 6.94. The standard InChI is InChI=1S/C17H15FN2O3S/c1-10-15(20-17(24-10)14-3-2-6-23-14)16(22)19-8-11-4-5-13(18)12(7-11)9-21/h2-7,21H,8-9H2,1H3,(H,19,22). The molecular formula is C17H15FN2O3S. The van der Waals surface area contributed by atoms with Gasteiger partial charge in [0, 0.05) is 17.0 Å². The van der Waals surface area contributed by atoms with Crippen LogP contribution < -0.4 is 5.32 Å². The van der Waals surface area contributed by atoms with Crippen LogP contribution in [0.5, 0.6) is 0 Å². The van der Waals surface area contributed by atoms with Gasteiger partial charge in [-0.05, 0) is 36.8 Å². The first kappa shape index (κ1) is 16.4. The molecule has 0 aliphatic rings. The van der Waals surface area contributed by atoms with Crippen LogP contribution in [0.4, 0.5) is 4.39 Å². The lowest BCUT2D eigenvalue weighted by atomic mass is 10.1. The van der Waals surface area contributed by atoms with Gasteiger partial charge in [0.15, 0.2) is 10.8 Å². The number of amides is 1. The number of nitrogens with one attached hydrogen (secondary N) is 1. The average molecular weight is 346 g/mol. The largest absolute Gasteiger partial charge is 0.462 e. The Morgan fingerprint density at radius 1 is 1.42 bits per heavy atom. The third-order valence-corrected chi connectivity index (χ3v) is 4.46. The van der Waals surface area contributed by atoms with Crippen LogP contribution in [-0.2, 0) is 13.2 Å². The van der Waals surface area contributed by atoms with Crippen molar-refractivity contribution in [3.8, 4) is 10.8 Å². The molecule has 24 heavy (non-hydrogen) atoms. The molecule has 5 nitrogen and oxygen atoms in total. The molecule has 1 aromatic carbocycles. The molecule has 0 bridgehead atoms. The van der Waals surface area contributed by atoms with Gasteiger partial charge in [0.25, 0.3) is 5.91 Å². The Balaban J connectivity index is 1.71. The highest BCUT2D eigenvalue weighted by Crippen LogP contribution is 2.27. The topological polar surface area (TPSA) is 75.4 Å². The number of hydrogen-bond donors (Lipinski definition) is 2. The van der Waals surface area contributed by atoms with Crippen molar-refractivity contribution in [2.75, 3.05) is 0 Å². The first-order valence-corrected chi connectivity index (χ1v) is 8.08. The van der Waals surface area contributed by atoms with Gasteiger partial charge in [-0.3, -0.25) is 4.79 Å². The summed E-state index contributed by atoms with van der Waals surface area (Å²) in [7, 11) is 0. The molecule has 2 aromatic heterocycles. The molecule has 1 amide bonds. The minimum absolute atomic E-state index is 0.201. The lowest BCUT2D eigenvalue weighted by Gasteiger charge is -2.06. The fourth-order valence-electron chi connectivity index (χ4n) is 2.24. The number of aliphatic hydroxyl groups excluding tert-OH is 1. The van der Waals surface area contributed by atoms with Crippen LogP contribution >= 0.6 is 11.3 Å². The highest BCUT2D eigenvalue weighted by Gasteiger charge is 2.17. The Hall–Kier alpha value is -2.51. The normalized spacial score (nSPS) is 10.8. The predicted octanol–water partition coefficient (Wildman–Crippen LogP) is 3.27. The summed E-state index contributed by atoms with van der Waals surface area (Å²) in [4.78, 5) is 17.4. The zero-order valence-corrected chi connectivity index (χ0v) is 13.7. The zero-order valence-electron chi connectivity index (χ0n) is 12.9. The van der Waals surface area contributed by atoms with Crippen molar-refractivity contribution in [1.82, 2.24) is 10.3 Å². The minimum atomic E-state index is -0.467. The number of thiazole rings is 1. The number of aryl methyl sites for hydroxylation is 1. The summed E-state index contributed by atoms with van der Waals surface area (Å²) in [5, 5.41) is 12.5. The predicted molar refractivity (Wildman–Crippen MR) is 88.0 cm³/mol. The minimum Gasteiger partial charge on any atom is -0.462 e. The van der Waals surface area contributed by atoms with Gasteiger partial charge in [0.05, 0.1) is 12.9 Å². The Bertz CT molecular complexity index is 859. The van der Waals surface area contributed by atoms with E-state index in [1.165, 1.54) is 23.5 Å². The van der Waals surface area contributed by atoms with E-state index in [1.807, 2.05) is 6.92 Å². The van der Waals surface area contributed by atoms with E-state index in [0.29, 0.717) is 22.0 Å². The number of carbonyl (C=O) groups excluding carboxylic acids is 1. The summed E-state index contributed by atoms with van der Waals surface area (Å²) in [6.45, 7) is 1.66. The summed E-state index contributed by atoms with van der Waals surface area (Å²) in [6, 6.07) is 7.92. The second-order valence-electron chi connectivity index (χ2n) is 5.17. The molecule has 7 heteroatoms. The van der Waals surface area contributed by atoms with Gasteiger partial charge in [-0.15, -0.1) is 11.3 Å². The Kier molecular flexibility index (Phi) is 4.73. The molecule has 0 saturated heterocycles. The summed E-state index contributed by atoms with van der Waals surface area (Å²) >= 11 is 1.38. The first-order chi connectivity index (χ1) is 11.6. The Labute approximate surface area is 141 Å². The molecule has 0 spiro atoms. The fraction of sp³-hybridized carbons (Fsp3) is 0.176. The van der Waals surface area contributed by atoms with E-state index in [2.05, 4.69) is 10.3 Å². The van der Waals surface area contributed by atoms with Gasteiger partial charge < -0.3 is 14.8 Å². The number of benzene rings is 1. The Morgan fingerprint density at radius 2 is 2.25 bits per heavy atom. The highest BCUT2D eigenvalue weighted by atomic mass is 32.1. The summed E-state index contributed by atoms with van der Waals surface area (Å²) < 4.78 is 18.6. The fourth-order valence-corrected chi connectivity index (χ4v) is 3.12. The van der Waals surface area contributed by atoms with E-state index in [0.717, 1.165) is 4.88 Å². The van der Waals surface area contributed by atoms with Gasteiger partial charge in [-0.2, -0.15) is 0 Å². The third-order valence-electron chi connectivity index (χ3n) is 3.48. The molecule has 2 heterocycles. The van der Waals surface area contributed by atoms with Gasteiger partial charge in [0.2, 0.25) is 0 Å². The van der Waals surface area contributed by atoms with Crippen LogP contribution in [0.15, 0.2) is 41.0 Å². The van der Waals surface area contributed by atoms with Crippen molar-refractivity contribution in [2.45, 2.75) is 20.1 Å². The van der Waals surface area contributed by atoms with E-state index in [1.54, 1.807) is 24.5 Å². The van der Waals surface area contributed by atoms with Gasteiger partial charge in [0.1, 0.15) is 11.5 Å². The maximum absolute atomic E-state index is 13.4. The van der Waals surface area contributed by atoms with E-state index in [9.17, 15) is 9.18 Å². The maximum Gasteiger partial charge on any atom is 0.271 e. The SMILES string of the molecule is Cc1sc(-c2ccco2)nc1C(=O)NCc1ccc(F)c(CO)c1. The molecule has 124 valence electrons. The average Bonchev–Trinajstić information content (AvgIpc) is 3.23.